The van der Waals surface area contributed by atoms with Crippen LogP contribution < -0.4 is 19.5 Å². The third-order valence-corrected chi connectivity index (χ3v) is 6.53. The maximum Gasteiger partial charge on any atom is 0.338 e. The van der Waals surface area contributed by atoms with Crippen LogP contribution in [0.1, 0.15) is 60.5 Å². The summed E-state index contributed by atoms with van der Waals surface area (Å²) < 4.78 is 22.1. The zero-order chi connectivity index (χ0) is 24.7. The summed E-state index contributed by atoms with van der Waals surface area (Å²) in [5.41, 5.74) is 1.72. The molecule has 1 heterocycles. The first-order valence-corrected chi connectivity index (χ1v) is 12.3. The topological polar surface area (TPSA) is 107 Å². The minimum absolute atomic E-state index is 0.182. The number of amides is 1. The summed E-state index contributed by atoms with van der Waals surface area (Å²) in [7, 11) is 0. The van der Waals surface area contributed by atoms with E-state index in [-0.39, 0.29) is 5.56 Å². The minimum Gasteiger partial charge on any atom is -0.490 e. The van der Waals surface area contributed by atoms with Crippen LogP contribution in [0.2, 0.25) is 0 Å². The van der Waals surface area contributed by atoms with Gasteiger partial charge < -0.3 is 24.3 Å². The first-order valence-electron chi connectivity index (χ1n) is 11.5. The van der Waals surface area contributed by atoms with Crippen molar-refractivity contribution in [2.75, 3.05) is 31.7 Å². The molecule has 0 saturated heterocycles. The number of nitriles is 1. The smallest absolute Gasteiger partial charge is 0.338 e. The van der Waals surface area contributed by atoms with Gasteiger partial charge in [-0.15, -0.1) is 11.3 Å². The zero-order valence-electron chi connectivity index (χ0n) is 20.0. The lowest BCUT2D eigenvalue weighted by atomic mass is 9.89. The van der Waals surface area contributed by atoms with Gasteiger partial charge >= 0.3 is 5.97 Å². The Labute approximate surface area is 203 Å². The summed E-state index contributed by atoms with van der Waals surface area (Å²) in [4.78, 5) is 26.4. The molecule has 1 N–H and O–H groups in total. The van der Waals surface area contributed by atoms with E-state index in [1.165, 1.54) is 23.5 Å². The number of benzene rings is 1. The van der Waals surface area contributed by atoms with Crippen LogP contribution in [0.3, 0.4) is 0 Å². The third-order valence-electron chi connectivity index (χ3n) is 5.36. The Balaban J connectivity index is 1.71. The van der Waals surface area contributed by atoms with Crippen molar-refractivity contribution >= 4 is 28.2 Å². The predicted molar refractivity (Wildman–Crippen MR) is 129 cm³/mol. The van der Waals surface area contributed by atoms with Crippen LogP contribution >= 0.6 is 11.3 Å². The van der Waals surface area contributed by atoms with Gasteiger partial charge in [0.15, 0.2) is 18.1 Å². The van der Waals surface area contributed by atoms with Crippen LogP contribution in [0, 0.1) is 17.2 Å². The van der Waals surface area contributed by atoms with Crippen LogP contribution in [0.4, 0.5) is 5.00 Å². The Kier molecular flexibility index (Phi) is 8.77. The summed E-state index contributed by atoms with van der Waals surface area (Å²) in [6, 6.07) is 5.24. The number of ether oxygens (including phenoxy) is 4. The third kappa shape index (κ3) is 5.81. The number of fused-ring (bicyclic) bond motifs is 1. The molecule has 1 atom stereocenters. The highest BCUT2D eigenvalue weighted by molar-refractivity contribution is 7.16. The zero-order valence-corrected chi connectivity index (χ0v) is 20.8. The molecule has 9 heteroatoms. The largest absolute Gasteiger partial charge is 0.490 e. The van der Waals surface area contributed by atoms with Gasteiger partial charge in [0.1, 0.15) is 11.1 Å². The molecule has 34 heavy (non-hydrogen) atoms. The summed E-state index contributed by atoms with van der Waals surface area (Å²) >= 11 is 1.43. The molecule has 1 aliphatic rings. The van der Waals surface area contributed by atoms with Crippen LogP contribution in [-0.2, 0) is 22.4 Å². The van der Waals surface area contributed by atoms with Gasteiger partial charge in [-0.3, -0.25) is 4.79 Å². The van der Waals surface area contributed by atoms with E-state index in [1.54, 1.807) is 0 Å². The van der Waals surface area contributed by atoms with Crippen molar-refractivity contribution < 1.29 is 28.5 Å². The fraction of sp³-hybridized carbons (Fsp3) is 0.480. The second-order valence-electron chi connectivity index (χ2n) is 7.89. The van der Waals surface area contributed by atoms with Crippen molar-refractivity contribution in [1.82, 2.24) is 0 Å². The molecule has 3 rings (SSSR count). The number of rotatable bonds is 10. The van der Waals surface area contributed by atoms with E-state index in [4.69, 9.17) is 18.9 Å². The van der Waals surface area contributed by atoms with E-state index in [2.05, 4.69) is 18.3 Å². The molecule has 0 radical (unpaired) electrons. The predicted octanol–water partition coefficient (Wildman–Crippen LogP) is 4.74. The molecular weight excluding hydrogens is 456 g/mol. The molecule has 0 fully saturated rings. The highest BCUT2D eigenvalue weighted by Gasteiger charge is 2.25. The molecule has 1 unspecified atom stereocenters. The highest BCUT2D eigenvalue weighted by Crippen LogP contribution is 2.40. The number of hydrogen-bond donors (Lipinski definition) is 1. The van der Waals surface area contributed by atoms with Gasteiger partial charge in [-0.25, -0.2) is 4.79 Å². The average Bonchev–Trinajstić information content (AvgIpc) is 3.15. The van der Waals surface area contributed by atoms with E-state index in [1.807, 2.05) is 20.8 Å². The number of nitrogens with one attached hydrogen (secondary N) is 1. The summed E-state index contributed by atoms with van der Waals surface area (Å²) in [5.74, 6) is 0.505. The maximum atomic E-state index is 12.7. The van der Waals surface area contributed by atoms with Crippen molar-refractivity contribution in [3.8, 4) is 23.3 Å². The minimum atomic E-state index is -0.695. The van der Waals surface area contributed by atoms with Crippen molar-refractivity contribution in [2.45, 2.75) is 47.0 Å². The Morgan fingerprint density at radius 3 is 2.35 bits per heavy atom. The summed E-state index contributed by atoms with van der Waals surface area (Å²) in [6.07, 6.45) is 2.77. The molecule has 8 nitrogen and oxygen atoms in total. The molecular formula is C25H30N2O6S. The van der Waals surface area contributed by atoms with Crippen LogP contribution in [0.15, 0.2) is 12.1 Å². The highest BCUT2D eigenvalue weighted by atomic mass is 32.1. The van der Waals surface area contributed by atoms with Gasteiger partial charge in [0.25, 0.3) is 5.91 Å². The second-order valence-corrected chi connectivity index (χ2v) is 9.00. The number of hydrogen-bond acceptors (Lipinski definition) is 8. The SMILES string of the molecule is CCOc1cc(C(=O)OCC(=O)Nc2sc3c(c2C#N)CCC(C)C3)cc(OCC)c1OCC. The van der Waals surface area contributed by atoms with E-state index < -0.39 is 18.5 Å². The molecule has 182 valence electrons. The first kappa shape index (κ1) is 25.4. The van der Waals surface area contributed by atoms with Gasteiger partial charge in [-0.1, -0.05) is 6.92 Å². The molecule has 1 aromatic heterocycles. The van der Waals surface area contributed by atoms with Crippen LogP contribution in [0.25, 0.3) is 0 Å². The average molecular weight is 487 g/mol. The normalized spacial score (nSPS) is 14.5. The Bertz CT molecular complexity index is 1060. The van der Waals surface area contributed by atoms with E-state index in [9.17, 15) is 14.9 Å². The molecule has 0 bridgehead atoms. The van der Waals surface area contributed by atoms with E-state index in [0.717, 1.165) is 29.7 Å². The number of thiophene rings is 1. The number of carbonyl (C=O) groups excluding carboxylic acids is 2. The van der Waals surface area contributed by atoms with Gasteiger partial charge in [0.2, 0.25) is 5.75 Å². The van der Waals surface area contributed by atoms with Crippen molar-refractivity contribution in [3.63, 3.8) is 0 Å². The molecule has 0 saturated carbocycles. The Morgan fingerprint density at radius 2 is 1.76 bits per heavy atom. The lowest BCUT2D eigenvalue weighted by Gasteiger charge is -2.17. The first-order chi connectivity index (χ1) is 16.4. The lowest BCUT2D eigenvalue weighted by Crippen LogP contribution is -2.21. The molecule has 1 aromatic carbocycles. The monoisotopic (exact) mass is 486 g/mol. The Hall–Kier alpha value is -3.25. The molecule has 0 aliphatic heterocycles. The fourth-order valence-electron chi connectivity index (χ4n) is 3.84. The summed E-state index contributed by atoms with van der Waals surface area (Å²) in [5, 5.41) is 12.8. The second kappa shape index (κ2) is 11.7. The van der Waals surface area contributed by atoms with E-state index >= 15 is 0 Å². The van der Waals surface area contributed by atoms with Gasteiger partial charge in [-0.05, 0) is 63.6 Å². The van der Waals surface area contributed by atoms with E-state index in [0.29, 0.717) is 53.6 Å². The van der Waals surface area contributed by atoms with Crippen LogP contribution in [-0.4, -0.2) is 38.3 Å². The van der Waals surface area contributed by atoms with Crippen molar-refractivity contribution in [2.24, 2.45) is 5.92 Å². The van der Waals surface area contributed by atoms with Crippen LogP contribution in [0.5, 0.6) is 17.2 Å². The molecule has 2 aromatic rings. The quantitative estimate of drug-likeness (QED) is 0.484. The Morgan fingerprint density at radius 1 is 1.12 bits per heavy atom. The molecule has 1 amide bonds. The van der Waals surface area contributed by atoms with Gasteiger partial charge in [0.05, 0.1) is 30.9 Å². The van der Waals surface area contributed by atoms with Crippen molar-refractivity contribution in [3.05, 3.63) is 33.7 Å². The van der Waals surface area contributed by atoms with Gasteiger partial charge in [-0.2, -0.15) is 5.26 Å². The summed E-state index contributed by atoms with van der Waals surface area (Å²) in [6.45, 7) is 8.34. The number of esters is 1. The fourth-order valence-corrected chi connectivity index (χ4v) is 5.22. The lowest BCUT2D eigenvalue weighted by molar-refractivity contribution is -0.119. The maximum absolute atomic E-state index is 12.7. The number of carbonyl (C=O) groups is 2. The molecule has 0 spiro atoms. The molecule has 1 aliphatic carbocycles. The standard InChI is InChI=1S/C25H30N2O6S/c1-5-30-19-11-16(12-20(31-6-2)23(19)32-7-3)25(29)33-14-22(28)27-24-18(13-26)17-9-8-15(4)10-21(17)34-24/h11-12,15H,5-10,14H2,1-4H3,(H,27,28). The number of nitrogens with zero attached hydrogens (tertiary/aromatic N) is 1. The number of anilines is 1. The van der Waals surface area contributed by atoms with Crippen molar-refractivity contribution in [1.29, 1.82) is 5.26 Å². The van der Waals surface area contributed by atoms with Gasteiger partial charge in [0, 0.05) is 4.88 Å².